The van der Waals surface area contributed by atoms with Crippen molar-refractivity contribution in [2.75, 3.05) is 11.6 Å². The second kappa shape index (κ2) is 9.64. The van der Waals surface area contributed by atoms with Gasteiger partial charge >= 0.3 is 0 Å². The van der Waals surface area contributed by atoms with Crippen LogP contribution in [0.25, 0.3) is 0 Å². The first-order valence-electron chi connectivity index (χ1n) is 7.89. The van der Waals surface area contributed by atoms with Crippen LogP contribution in [-0.2, 0) is 9.59 Å². The fraction of sp³-hybridized carbons (Fsp3) is 0.211. The molecule has 2 N–H and O–H groups in total. The van der Waals surface area contributed by atoms with E-state index in [1.807, 2.05) is 61.7 Å². The van der Waals surface area contributed by atoms with E-state index in [0.717, 1.165) is 16.8 Å². The van der Waals surface area contributed by atoms with Gasteiger partial charge in [0.15, 0.2) is 0 Å². The average molecular weight is 355 g/mol. The molecule has 0 saturated carbocycles. The summed E-state index contributed by atoms with van der Waals surface area (Å²) in [5.74, 6) is -0.494. The number of carbonyl (C=O) groups is 2. The van der Waals surface area contributed by atoms with E-state index in [1.54, 1.807) is 18.0 Å². The Labute approximate surface area is 151 Å². The molecule has 130 valence electrons. The van der Waals surface area contributed by atoms with Gasteiger partial charge in [0.25, 0.3) is 0 Å². The Morgan fingerprint density at radius 2 is 1.64 bits per heavy atom. The van der Waals surface area contributed by atoms with Gasteiger partial charge in [-0.2, -0.15) is 5.10 Å². The molecule has 0 aliphatic rings. The van der Waals surface area contributed by atoms with E-state index in [-0.39, 0.29) is 24.7 Å². The highest BCUT2D eigenvalue weighted by Gasteiger charge is 2.06. The van der Waals surface area contributed by atoms with Crippen molar-refractivity contribution in [1.29, 1.82) is 0 Å². The summed E-state index contributed by atoms with van der Waals surface area (Å²) in [6, 6.07) is 15.3. The molecule has 0 atom stereocenters. The van der Waals surface area contributed by atoms with Gasteiger partial charge in [-0.1, -0.05) is 29.8 Å². The van der Waals surface area contributed by atoms with Crippen LogP contribution in [0.3, 0.4) is 0 Å². The molecule has 2 rings (SSSR count). The maximum absolute atomic E-state index is 11.8. The molecule has 0 aromatic heterocycles. The van der Waals surface area contributed by atoms with E-state index in [1.165, 1.54) is 4.90 Å². The Bertz CT molecular complexity index is 740. The van der Waals surface area contributed by atoms with Crippen LogP contribution in [0, 0.1) is 6.92 Å². The van der Waals surface area contributed by atoms with Crippen LogP contribution in [0.4, 0.5) is 5.69 Å². The normalized spacial score (nSPS) is 10.6. The minimum Gasteiger partial charge on any atom is -0.326 e. The van der Waals surface area contributed by atoms with Gasteiger partial charge in [0.1, 0.15) is 0 Å². The second-order valence-electron chi connectivity index (χ2n) is 5.48. The number of hydrazone groups is 1. The molecular weight excluding hydrogens is 334 g/mol. The lowest BCUT2D eigenvalue weighted by Gasteiger charge is -2.05. The van der Waals surface area contributed by atoms with E-state index >= 15 is 0 Å². The number of nitrogens with zero attached hydrogens (tertiary/aromatic N) is 1. The fourth-order valence-electron chi connectivity index (χ4n) is 2.01. The number of nitrogens with one attached hydrogen (secondary N) is 2. The summed E-state index contributed by atoms with van der Waals surface area (Å²) in [6.45, 7) is 1.98. The molecule has 2 aromatic carbocycles. The van der Waals surface area contributed by atoms with Crippen molar-refractivity contribution in [3.05, 3.63) is 59.7 Å². The summed E-state index contributed by atoms with van der Waals surface area (Å²) in [4.78, 5) is 24.7. The smallest absolute Gasteiger partial charge is 0.240 e. The number of thioether (sulfide) groups is 1. The van der Waals surface area contributed by atoms with Gasteiger partial charge in [0.2, 0.25) is 11.8 Å². The van der Waals surface area contributed by atoms with Crippen LogP contribution < -0.4 is 10.7 Å². The lowest BCUT2D eigenvalue weighted by molar-refractivity contribution is -0.124. The molecule has 0 aliphatic heterocycles. The number of aryl methyl sites for hydroxylation is 1. The number of hydrogen-bond acceptors (Lipinski definition) is 4. The molecule has 0 radical (unpaired) electrons. The van der Waals surface area contributed by atoms with Gasteiger partial charge < -0.3 is 5.32 Å². The van der Waals surface area contributed by atoms with Gasteiger partial charge in [-0.05, 0) is 43.0 Å². The topological polar surface area (TPSA) is 70.6 Å². The minimum atomic E-state index is -0.295. The van der Waals surface area contributed by atoms with E-state index in [2.05, 4.69) is 15.8 Å². The minimum absolute atomic E-state index is 0.0838. The summed E-state index contributed by atoms with van der Waals surface area (Å²) < 4.78 is 0. The van der Waals surface area contributed by atoms with Crippen LogP contribution in [0.15, 0.2) is 58.5 Å². The van der Waals surface area contributed by atoms with E-state index in [4.69, 9.17) is 0 Å². The van der Waals surface area contributed by atoms with Crippen LogP contribution in [0.1, 0.15) is 24.0 Å². The monoisotopic (exact) mass is 355 g/mol. The van der Waals surface area contributed by atoms with E-state index in [9.17, 15) is 9.59 Å². The molecule has 0 heterocycles. The van der Waals surface area contributed by atoms with E-state index in [0.29, 0.717) is 0 Å². The van der Waals surface area contributed by atoms with Crippen molar-refractivity contribution < 1.29 is 9.59 Å². The number of carbonyl (C=O) groups excluding carboxylic acids is 2. The number of amides is 2. The number of hydrogen-bond donors (Lipinski definition) is 2. The molecule has 5 nitrogen and oxygen atoms in total. The molecule has 0 unspecified atom stereocenters. The Hall–Kier alpha value is -2.60. The zero-order valence-electron chi connectivity index (χ0n) is 14.3. The molecule has 0 saturated heterocycles. The highest BCUT2D eigenvalue weighted by atomic mass is 32.2. The van der Waals surface area contributed by atoms with Gasteiger partial charge in [-0.25, -0.2) is 5.43 Å². The number of benzene rings is 2. The van der Waals surface area contributed by atoms with Gasteiger partial charge in [0.05, 0.1) is 6.21 Å². The Balaban J connectivity index is 1.71. The molecule has 2 amide bonds. The lowest BCUT2D eigenvalue weighted by atomic mass is 10.2. The first-order chi connectivity index (χ1) is 12.1. The molecule has 0 bridgehead atoms. The average Bonchev–Trinajstić information content (AvgIpc) is 2.62. The second-order valence-corrected chi connectivity index (χ2v) is 6.36. The third-order valence-electron chi connectivity index (χ3n) is 3.43. The lowest BCUT2D eigenvalue weighted by Crippen LogP contribution is -2.20. The molecule has 25 heavy (non-hydrogen) atoms. The fourth-order valence-corrected chi connectivity index (χ4v) is 2.42. The third kappa shape index (κ3) is 6.81. The van der Waals surface area contributed by atoms with Gasteiger partial charge in [0, 0.05) is 23.4 Å². The Morgan fingerprint density at radius 1 is 1.00 bits per heavy atom. The number of rotatable bonds is 7. The van der Waals surface area contributed by atoms with E-state index < -0.39 is 0 Å². The molecule has 0 spiro atoms. The van der Waals surface area contributed by atoms with Crippen molar-refractivity contribution in [2.45, 2.75) is 24.7 Å². The van der Waals surface area contributed by atoms with Crippen LogP contribution >= 0.6 is 11.8 Å². The SMILES string of the molecule is CSc1ccc(C=NNC(=O)CCC(=O)Nc2ccc(C)cc2)cc1. The maximum atomic E-state index is 11.8. The predicted octanol–water partition coefficient (Wildman–Crippen LogP) is 3.59. The summed E-state index contributed by atoms with van der Waals surface area (Å²) in [5.41, 5.74) is 5.18. The van der Waals surface area contributed by atoms with Crippen molar-refractivity contribution in [3.8, 4) is 0 Å². The summed E-state index contributed by atoms with van der Waals surface area (Å²) >= 11 is 1.66. The van der Waals surface area contributed by atoms with Crippen molar-refractivity contribution >= 4 is 35.5 Å². The number of anilines is 1. The standard InChI is InChI=1S/C19H21N3O2S/c1-14-3-7-16(8-4-14)21-18(23)11-12-19(24)22-20-13-15-5-9-17(25-2)10-6-15/h3-10,13H,11-12H2,1-2H3,(H,21,23)(H,22,24). The third-order valence-corrected chi connectivity index (χ3v) is 4.18. The largest absolute Gasteiger partial charge is 0.326 e. The Morgan fingerprint density at radius 3 is 2.28 bits per heavy atom. The van der Waals surface area contributed by atoms with Gasteiger partial charge in [-0.3, -0.25) is 9.59 Å². The molecule has 6 heteroatoms. The van der Waals surface area contributed by atoms with Crippen molar-refractivity contribution in [3.63, 3.8) is 0 Å². The maximum Gasteiger partial charge on any atom is 0.240 e. The molecule has 0 aliphatic carbocycles. The highest BCUT2D eigenvalue weighted by molar-refractivity contribution is 7.98. The van der Waals surface area contributed by atoms with Gasteiger partial charge in [-0.15, -0.1) is 11.8 Å². The summed E-state index contributed by atoms with van der Waals surface area (Å²) in [7, 11) is 0. The van der Waals surface area contributed by atoms with Crippen LogP contribution in [0.2, 0.25) is 0 Å². The molecule has 2 aromatic rings. The molecular formula is C19H21N3O2S. The zero-order valence-corrected chi connectivity index (χ0v) is 15.1. The molecule has 0 fully saturated rings. The summed E-state index contributed by atoms with van der Waals surface area (Å²) in [5, 5.41) is 6.66. The zero-order chi connectivity index (χ0) is 18.1. The van der Waals surface area contributed by atoms with Crippen molar-refractivity contribution in [1.82, 2.24) is 5.43 Å². The van der Waals surface area contributed by atoms with Crippen molar-refractivity contribution in [2.24, 2.45) is 5.10 Å². The van der Waals surface area contributed by atoms with Crippen LogP contribution in [0.5, 0.6) is 0 Å². The predicted molar refractivity (Wildman–Crippen MR) is 103 cm³/mol. The Kier molecular flexibility index (Phi) is 7.22. The first kappa shape index (κ1) is 18.7. The van der Waals surface area contributed by atoms with Crippen LogP contribution in [-0.4, -0.2) is 24.3 Å². The summed E-state index contributed by atoms with van der Waals surface area (Å²) in [6.07, 6.45) is 3.78. The first-order valence-corrected chi connectivity index (χ1v) is 9.12. The quantitative estimate of drug-likeness (QED) is 0.453. The highest BCUT2D eigenvalue weighted by Crippen LogP contribution is 2.13.